The van der Waals surface area contributed by atoms with Gasteiger partial charge in [-0.05, 0) is 36.4 Å². The number of nitrogens with one attached hydrogen (secondary N) is 2. The second-order valence-corrected chi connectivity index (χ2v) is 6.34. The third-order valence-electron chi connectivity index (χ3n) is 4.17. The molecule has 0 unspecified atom stereocenters. The lowest BCUT2D eigenvalue weighted by Gasteiger charge is -2.08. The number of ether oxygens (including phenoxy) is 1. The molecule has 2 aromatic carbocycles. The van der Waals surface area contributed by atoms with Gasteiger partial charge >= 0.3 is 0 Å². The molecule has 0 radical (unpaired) electrons. The molecule has 4 rings (SSSR count). The number of nitrogens with zero attached hydrogens (tertiary/aromatic N) is 3. The van der Waals surface area contributed by atoms with Crippen LogP contribution in [0.15, 0.2) is 65.2 Å². The van der Waals surface area contributed by atoms with E-state index in [2.05, 4.69) is 26.0 Å². The highest BCUT2D eigenvalue weighted by Gasteiger charge is 2.11. The summed E-state index contributed by atoms with van der Waals surface area (Å²) >= 11 is 0. The van der Waals surface area contributed by atoms with Gasteiger partial charge in [-0.15, -0.1) is 0 Å². The van der Waals surface area contributed by atoms with Crippen molar-refractivity contribution in [3.05, 3.63) is 83.6 Å². The van der Waals surface area contributed by atoms with Gasteiger partial charge in [0.15, 0.2) is 6.61 Å². The fourth-order valence-electron chi connectivity index (χ4n) is 2.69. The highest BCUT2D eigenvalue weighted by Crippen LogP contribution is 2.14. The largest absolute Gasteiger partial charge is 0.485 e. The Morgan fingerprint density at radius 3 is 2.47 bits per heavy atom. The number of hydrazine groups is 1. The van der Waals surface area contributed by atoms with E-state index in [-0.39, 0.29) is 12.3 Å². The molecule has 2 N–H and O–H groups in total. The summed E-state index contributed by atoms with van der Waals surface area (Å²) in [6.07, 6.45) is 0. The van der Waals surface area contributed by atoms with Crippen LogP contribution < -0.4 is 15.6 Å². The fourth-order valence-corrected chi connectivity index (χ4v) is 2.69. The number of fused-ring (bicyclic) bond motifs is 1. The van der Waals surface area contributed by atoms with E-state index in [0.29, 0.717) is 28.5 Å². The highest BCUT2D eigenvalue weighted by molar-refractivity contribution is 5.99. The molecular formula is C21H17N5O4. The number of hydrogen-bond donors (Lipinski definition) is 2. The Morgan fingerprint density at radius 2 is 1.70 bits per heavy atom. The number of aromatic nitrogens is 3. The average Bonchev–Trinajstić information content (AvgIpc) is 3.21. The summed E-state index contributed by atoms with van der Waals surface area (Å²) in [5, 5.41) is 4.66. The minimum atomic E-state index is -0.510. The number of hydrogen-bond acceptors (Lipinski definition) is 7. The second kappa shape index (κ2) is 8.39. The Kier molecular flexibility index (Phi) is 5.33. The van der Waals surface area contributed by atoms with Crippen LogP contribution in [0.2, 0.25) is 0 Å². The number of pyridine rings is 1. The first-order chi connectivity index (χ1) is 14.6. The van der Waals surface area contributed by atoms with Crippen LogP contribution in [0.25, 0.3) is 10.9 Å². The summed E-state index contributed by atoms with van der Waals surface area (Å²) in [5.74, 6) is 0.452. The Balaban J connectivity index is 1.32. The summed E-state index contributed by atoms with van der Waals surface area (Å²) in [6.45, 7) is 1.84. The maximum absolute atomic E-state index is 12.3. The minimum absolute atomic E-state index is 0.150. The average molecular weight is 403 g/mol. The molecule has 9 nitrogen and oxygen atoms in total. The second-order valence-electron chi connectivity index (χ2n) is 6.34. The van der Waals surface area contributed by atoms with Crippen LogP contribution in [-0.2, 0) is 6.61 Å². The summed E-state index contributed by atoms with van der Waals surface area (Å²) in [7, 11) is 0. The molecule has 4 aromatic rings. The topological polar surface area (TPSA) is 119 Å². The van der Waals surface area contributed by atoms with Gasteiger partial charge in [0, 0.05) is 17.9 Å². The van der Waals surface area contributed by atoms with Gasteiger partial charge in [-0.3, -0.25) is 20.4 Å². The Morgan fingerprint density at radius 1 is 0.933 bits per heavy atom. The standard InChI is InChI=1S/C21H17N5O4/c1-13-22-19(26-30-13)12-29-16-9-6-15(7-10-16)20(27)24-25-21(28)18-11-8-14-4-2-3-5-17(14)23-18/h2-11H,12H2,1H3,(H,24,27)(H,25,28). The van der Waals surface area contributed by atoms with E-state index in [4.69, 9.17) is 9.26 Å². The normalized spacial score (nSPS) is 10.6. The van der Waals surface area contributed by atoms with Crippen molar-refractivity contribution >= 4 is 22.7 Å². The molecule has 0 aliphatic carbocycles. The fraction of sp³-hybridized carbons (Fsp3) is 0.0952. The van der Waals surface area contributed by atoms with Crippen LogP contribution in [0.4, 0.5) is 0 Å². The van der Waals surface area contributed by atoms with Crippen molar-refractivity contribution < 1.29 is 18.8 Å². The van der Waals surface area contributed by atoms with Gasteiger partial charge in [-0.1, -0.05) is 29.4 Å². The molecule has 0 atom stereocenters. The van der Waals surface area contributed by atoms with Crippen molar-refractivity contribution in [1.82, 2.24) is 26.0 Å². The van der Waals surface area contributed by atoms with Crippen LogP contribution in [0.1, 0.15) is 32.6 Å². The molecule has 0 bridgehead atoms. The summed E-state index contributed by atoms with van der Waals surface area (Å²) in [4.78, 5) is 32.9. The van der Waals surface area contributed by atoms with Crippen LogP contribution in [0, 0.1) is 6.92 Å². The van der Waals surface area contributed by atoms with Gasteiger partial charge in [-0.2, -0.15) is 4.98 Å². The number of para-hydroxylation sites is 1. The summed E-state index contributed by atoms with van der Waals surface area (Å²) < 4.78 is 10.4. The molecule has 0 fully saturated rings. The van der Waals surface area contributed by atoms with Gasteiger partial charge in [0.05, 0.1) is 5.52 Å². The van der Waals surface area contributed by atoms with Gasteiger partial charge in [0.25, 0.3) is 11.8 Å². The molecular weight excluding hydrogens is 386 g/mol. The maximum Gasteiger partial charge on any atom is 0.288 e. The first-order valence-electron chi connectivity index (χ1n) is 9.07. The molecule has 0 aliphatic heterocycles. The lowest BCUT2D eigenvalue weighted by Crippen LogP contribution is -2.41. The van der Waals surface area contributed by atoms with E-state index in [9.17, 15) is 9.59 Å². The number of carbonyl (C=O) groups excluding carboxylic acids is 2. The van der Waals surface area contributed by atoms with E-state index in [1.54, 1.807) is 43.3 Å². The lowest BCUT2D eigenvalue weighted by atomic mass is 10.2. The van der Waals surface area contributed by atoms with E-state index >= 15 is 0 Å². The van der Waals surface area contributed by atoms with Crippen molar-refractivity contribution in [3.63, 3.8) is 0 Å². The smallest absolute Gasteiger partial charge is 0.288 e. The first-order valence-corrected chi connectivity index (χ1v) is 9.07. The Bertz CT molecular complexity index is 1200. The van der Waals surface area contributed by atoms with E-state index in [1.807, 2.05) is 24.3 Å². The predicted molar refractivity (Wildman–Crippen MR) is 106 cm³/mol. The maximum atomic E-state index is 12.3. The van der Waals surface area contributed by atoms with Crippen molar-refractivity contribution in [1.29, 1.82) is 0 Å². The van der Waals surface area contributed by atoms with Crippen LogP contribution in [0.3, 0.4) is 0 Å². The van der Waals surface area contributed by atoms with Crippen molar-refractivity contribution in [2.75, 3.05) is 0 Å². The predicted octanol–water partition coefficient (Wildman–Crippen LogP) is 2.58. The number of rotatable bonds is 5. The Hall–Kier alpha value is -4.27. The third kappa shape index (κ3) is 4.41. The molecule has 2 heterocycles. The van der Waals surface area contributed by atoms with Crippen molar-refractivity contribution in [2.45, 2.75) is 13.5 Å². The minimum Gasteiger partial charge on any atom is -0.485 e. The monoisotopic (exact) mass is 403 g/mol. The number of carbonyl (C=O) groups is 2. The molecule has 30 heavy (non-hydrogen) atoms. The molecule has 0 saturated carbocycles. The van der Waals surface area contributed by atoms with Gasteiger partial charge in [0.1, 0.15) is 11.4 Å². The molecule has 2 amide bonds. The SMILES string of the molecule is Cc1nc(COc2ccc(C(=O)NNC(=O)c3ccc4ccccc4n3)cc2)no1. The lowest BCUT2D eigenvalue weighted by molar-refractivity contribution is 0.0844. The van der Waals surface area contributed by atoms with E-state index in [0.717, 1.165) is 5.39 Å². The molecule has 0 spiro atoms. The van der Waals surface area contributed by atoms with Crippen LogP contribution in [0.5, 0.6) is 5.75 Å². The molecule has 2 aromatic heterocycles. The van der Waals surface area contributed by atoms with E-state index in [1.165, 1.54) is 0 Å². The number of benzene rings is 2. The zero-order valence-corrected chi connectivity index (χ0v) is 16.0. The summed E-state index contributed by atoms with van der Waals surface area (Å²) in [5.41, 5.74) is 5.99. The quantitative estimate of drug-likeness (QED) is 0.492. The Labute approximate surface area is 171 Å². The van der Waals surface area contributed by atoms with Crippen LogP contribution >= 0.6 is 0 Å². The number of aryl methyl sites for hydroxylation is 1. The van der Waals surface area contributed by atoms with Crippen molar-refractivity contribution in [3.8, 4) is 5.75 Å². The zero-order valence-electron chi connectivity index (χ0n) is 16.0. The molecule has 0 aliphatic rings. The first kappa shape index (κ1) is 19.1. The third-order valence-corrected chi connectivity index (χ3v) is 4.17. The molecule has 150 valence electrons. The highest BCUT2D eigenvalue weighted by atomic mass is 16.5. The van der Waals surface area contributed by atoms with Gasteiger partial charge in [-0.25, -0.2) is 4.98 Å². The van der Waals surface area contributed by atoms with E-state index < -0.39 is 11.8 Å². The molecule has 0 saturated heterocycles. The zero-order chi connectivity index (χ0) is 20.9. The molecule has 9 heteroatoms. The van der Waals surface area contributed by atoms with Crippen molar-refractivity contribution in [2.24, 2.45) is 0 Å². The van der Waals surface area contributed by atoms with Crippen LogP contribution in [-0.4, -0.2) is 26.9 Å². The van der Waals surface area contributed by atoms with Gasteiger partial charge < -0.3 is 9.26 Å². The number of amides is 2. The van der Waals surface area contributed by atoms with Gasteiger partial charge in [0.2, 0.25) is 11.7 Å². The summed E-state index contributed by atoms with van der Waals surface area (Å²) in [6, 6.07) is 17.3.